The summed E-state index contributed by atoms with van der Waals surface area (Å²) in [5.74, 6) is 0.435. The zero-order valence-corrected chi connectivity index (χ0v) is 4.40. The lowest BCUT2D eigenvalue weighted by Gasteiger charge is -1.79. The average molecular weight is 115 g/mol. The van der Waals surface area contributed by atoms with Gasteiger partial charge in [-0.25, -0.2) is 4.98 Å². The Balaban J connectivity index is 3.12. The molecule has 0 saturated carbocycles. The van der Waals surface area contributed by atoms with Gasteiger partial charge in [0.15, 0.2) is 5.82 Å². The second-order valence-electron chi connectivity index (χ2n) is 1.10. The zero-order valence-electron chi connectivity index (χ0n) is 3.59. The van der Waals surface area contributed by atoms with Crippen molar-refractivity contribution in [1.29, 1.82) is 0 Å². The van der Waals surface area contributed by atoms with Gasteiger partial charge >= 0.3 is 0 Å². The summed E-state index contributed by atoms with van der Waals surface area (Å²) in [4.78, 5) is 3.69. The first-order valence-corrected chi connectivity index (χ1v) is 2.63. The van der Waals surface area contributed by atoms with Crippen LogP contribution in [0.25, 0.3) is 0 Å². The van der Waals surface area contributed by atoms with Gasteiger partial charge in [0.05, 0.1) is 5.51 Å². The molecule has 1 aromatic heterocycles. The average Bonchev–Trinajstić information content (AvgIpc) is 1.91. The monoisotopic (exact) mass is 115 g/mol. The van der Waals surface area contributed by atoms with Gasteiger partial charge in [-0.2, -0.15) is 0 Å². The molecule has 0 aromatic carbocycles. The smallest absolute Gasteiger partial charge is 0.158 e. The summed E-state index contributed by atoms with van der Waals surface area (Å²) in [6, 6.07) is 0. The molecule has 0 radical (unpaired) electrons. The molecular weight excluding hydrogens is 110 g/mol. The van der Waals surface area contributed by atoms with Crippen molar-refractivity contribution in [3.63, 3.8) is 0 Å². The third-order valence-electron chi connectivity index (χ3n) is 0.624. The summed E-state index contributed by atoms with van der Waals surface area (Å²) in [5.41, 5.74) is 12.1. The Morgan fingerprint density at radius 2 is 2.29 bits per heavy atom. The quantitative estimate of drug-likeness (QED) is 0.511. The van der Waals surface area contributed by atoms with Crippen molar-refractivity contribution in [2.45, 2.75) is 0 Å². The van der Waals surface area contributed by atoms with Crippen molar-refractivity contribution in [2.24, 2.45) is 0 Å². The standard InChI is InChI=1S/C3H5N3S/c4-2-3(5)7-1-6-2/h1H,4-5H2. The third kappa shape index (κ3) is 0.640. The molecule has 1 heterocycles. The third-order valence-corrected chi connectivity index (χ3v) is 1.30. The van der Waals surface area contributed by atoms with Crippen LogP contribution in [0.15, 0.2) is 5.51 Å². The molecule has 3 nitrogen and oxygen atoms in total. The molecule has 0 saturated heterocycles. The summed E-state index contributed by atoms with van der Waals surface area (Å²) in [7, 11) is 0. The highest BCUT2D eigenvalue weighted by Crippen LogP contribution is 2.15. The number of nitrogens with zero attached hydrogens (tertiary/aromatic N) is 1. The summed E-state index contributed by atoms with van der Waals surface area (Å²) in [6.45, 7) is 0. The molecule has 1 rings (SSSR count). The number of hydrogen-bond acceptors (Lipinski definition) is 4. The summed E-state index contributed by atoms with van der Waals surface area (Å²) in [5, 5.41) is 0.597. The molecule has 1 aromatic rings. The Kier molecular flexibility index (Phi) is 0.867. The van der Waals surface area contributed by atoms with Gasteiger partial charge in [-0.15, -0.1) is 11.3 Å². The number of thiazole rings is 1. The molecule has 0 atom stereocenters. The van der Waals surface area contributed by atoms with Gasteiger partial charge in [-0.05, 0) is 0 Å². The Labute approximate surface area is 45.0 Å². The lowest BCUT2D eigenvalue weighted by Crippen LogP contribution is -1.88. The molecule has 38 valence electrons. The Morgan fingerprint density at radius 1 is 1.57 bits per heavy atom. The van der Waals surface area contributed by atoms with Crippen LogP contribution in [0, 0.1) is 0 Å². The normalized spacial score (nSPS) is 9.14. The van der Waals surface area contributed by atoms with E-state index in [2.05, 4.69) is 4.98 Å². The van der Waals surface area contributed by atoms with Crippen LogP contribution in [0.1, 0.15) is 0 Å². The fraction of sp³-hybridized carbons (Fsp3) is 0. The highest BCUT2D eigenvalue weighted by atomic mass is 32.1. The number of anilines is 2. The number of rotatable bonds is 0. The van der Waals surface area contributed by atoms with Crippen LogP contribution in [-0.2, 0) is 0 Å². The summed E-state index contributed by atoms with van der Waals surface area (Å²) < 4.78 is 0. The predicted octanol–water partition coefficient (Wildman–Crippen LogP) is 0.308. The van der Waals surface area contributed by atoms with E-state index < -0.39 is 0 Å². The van der Waals surface area contributed by atoms with Crippen LogP contribution in [0.3, 0.4) is 0 Å². The molecule has 0 spiro atoms. The largest absolute Gasteiger partial charge is 0.388 e. The minimum Gasteiger partial charge on any atom is -0.388 e. The molecule has 0 aliphatic heterocycles. The molecule has 0 amide bonds. The summed E-state index contributed by atoms with van der Waals surface area (Å²) >= 11 is 1.35. The summed E-state index contributed by atoms with van der Waals surface area (Å²) in [6.07, 6.45) is 0. The molecule has 4 heteroatoms. The van der Waals surface area contributed by atoms with Crippen molar-refractivity contribution in [3.8, 4) is 0 Å². The fourth-order valence-corrected chi connectivity index (χ4v) is 0.717. The minimum absolute atomic E-state index is 0.435. The Hall–Kier alpha value is -0.770. The lowest BCUT2D eigenvalue weighted by molar-refractivity contribution is 1.43. The van der Waals surface area contributed by atoms with Crippen LogP contribution < -0.4 is 11.5 Å². The molecule has 0 aliphatic carbocycles. The molecule has 0 aliphatic rings. The van der Waals surface area contributed by atoms with Gasteiger partial charge in [0.2, 0.25) is 0 Å². The second kappa shape index (κ2) is 1.38. The minimum atomic E-state index is 0.435. The van der Waals surface area contributed by atoms with E-state index in [9.17, 15) is 0 Å². The van der Waals surface area contributed by atoms with Gasteiger partial charge in [-0.3, -0.25) is 0 Å². The van der Waals surface area contributed by atoms with E-state index >= 15 is 0 Å². The van der Waals surface area contributed by atoms with Crippen molar-refractivity contribution >= 4 is 22.2 Å². The molecule has 0 fully saturated rings. The molecule has 0 bridgehead atoms. The van der Waals surface area contributed by atoms with E-state index in [1.165, 1.54) is 11.3 Å². The lowest BCUT2D eigenvalue weighted by atomic mass is 10.7. The van der Waals surface area contributed by atoms with Crippen LogP contribution in [0.2, 0.25) is 0 Å². The first-order chi connectivity index (χ1) is 3.30. The van der Waals surface area contributed by atoms with Crippen LogP contribution in [0.5, 0.6) is 0 Å². The van der Waals surface area contributed by atoms with Crippen molar-refractivity contribution < 1.29 is 0 Å². The highest BCUT2D eigenvalue weighted by molar-refractivity contribution is 7.14. The topological polar surface area (TPSA) is 64.9 Å². The molecule has 7 heavy (non-hydrogen) atoms. The SMILES string of the molecule is Nc1ncsc1N. The fourth-order valence-electron chi connectivity index (χ4n) is 0.264. The van der Waals surface area contributed by atoms with Gasteiger partial charge in [0.1, 0.15) is 5.00 Å². The Morgan fingerprint density at radius 3 is 2.43 bits per heavy atom. The molecule has 4 N–H and O–H groups in total. The van der Waals surface area contributed by atoms with Crippen LogP contribution in [-0.4, -0.2) is 4.98 Å². The predicted molar refractivity (Wildman–Crippen MR) is 30.9 cm³/mol. The van der Waals surface area contributed by atoms with E-state index in [0.717, 1.165) is 0 Å². The maximum Gasteiger partial charge on any atom is 0.158 e. The van der Waals surface area contributed by atoms with Gasteiger partial charge < -0.3 is 11.5 Å². The Bertz CT molecular complexity index is 142. The zero-order chi connectivity index (χ0) is 5.28. The first kappa shape index (κ1) is 4.39. The maximum absolute atomic E-state index is 5.27. The number of hydrogen-bond donors (Lipinski definition) is 2. The van der Waals surface area contributed by atoms with Crippen molar-refractivity contribution in [2.75, 3.05) is 11.5 Å². The van der Waals surface area contributed by atoms with Gasteiger partial charge in [-0.1, -0.05) is 0 Å². The molecule has 0 unspecified atom stereocenters. The van der Waals surface area contributed by atoms with E-state index in [0.29, 0.717) is 10.8 Å². The van der Waals surface area contributed by atoms with Crippen LogP contribution in [0.4, 0.5) is 10.8 Å². The number of nitrogen functional groups attached to an aromatic ring is 2. The van der Waals surface area contributed by atoms with Crippen LogP contribution >= 0.6 is 11.3 Å². The van der Waals surface area contributed by atoms with E-state index in [1.807, 2.05) is 0 Å². The van der Waals surface area contributed by atoms with E-state index in [-0.39, 0.29) is 0 Å². The van der Waals surface area contributed by atoms with Crippen molar-refractivity contribution in [1.82, 2.24) is 4.98 Å². The van der Waals surface area contributed by atoms with Gasteiger partial charge in [0.25, 0.3) is 0 Å². The maximum atomic E-state index is 5.27. The van der Waals surface area contributed by atoms with E-state index in [4.69, 9.17) is 11.5 Å². The number of nitrogens with two attached hydrogens (primary N) is 2. The van der Waals surface area contributed by atoms with E-state index in [1.54, 1.807) is 5.51 Å². The first-order valence-electron chi connectivity index (χ1n) is 1.75. The molecular formula is C3H5N3S. The number of aromatic nitrogens is 1. The van der Waals surface area contributed by atoms with Gasteiger partial charge in [0, 0.05) is 0 Å². The highest BCUT2D eigenvalue weighted by Gasteiger charge is 1.90. The second-order valence-corrected chi connectivity index (χ2v) is 1.99. The van der Waals surface area contributed by atoms with Crippen molar-refractivity contribution in [3.05, 3.63) is 5.51 Å².